The second kappa shape index (κ2) is 4.46. The van der Waals surface area contributed by atoms with Crippen LogP contribution in [0.5, 0.6) is 0 Å². The largest absolute Gasteiger partial charge is 0.476 e. The molecular weight excluding hydrogens is 280 g/mol. The van der Waals surface area contributed by atoms with Crippen molar-refractivity contribution in [3.05, 3.63) is 41.5 Å². The van der Waals surface area contributed by atoms with E-state index >= 15 is 0 Å². The normalized spacial score (nSPS) is 10.8. The molecule has 0 amide bonds. The van der Waals surface area contributed by atoms with Crippen LogP contribution in [-0.4, -0.2) is 31.8 Å². The van der Waals surface area contributed by atoms with Gasteiger partial charge in [0.15, 0.2) is 5.69 Å². The summed E-state index contributed by atoms with van der Waals surface area (Å²) in [4.78, 5) is 25.8. The van der Waals surface area contributed by atoms with Crippen molar-refractivity contribution in [3.63, 3.8) is 0 Å². The molecule has 2 heterocycles. The number of aromatic carboxylic acids is 1. The topological polar surface area (TPSA) is 92.4 Å². The molecule has 2 aromatic heterocycles. The molecule has 3 rings (SSSR count). The molecule has 7 heteroatoms. The van der Waals surface area contributed by atoms with E-state index in [-0.39, 0.29) is 5.69 Å². The van der Waals surface area contributed by atoms with Crippen LogP contribution in [0.1, 0.15) is 10.5 Å². The van der Waals surface area contributed by atoms with Crippen LogP contribution < -0.4 is 0 Å². The molecule has 1 aromatic carbocycles. The van der Waals surface area contributed by atoms with Crippen LogP contribution >= 0.6 is 11.3 Å². The quantitative estimate of drug-likeness (QED) is 0.756. The number of thiazole rings is 1. The van der Waals surface area contributed by atoms with E-state index in [1.54, 1.807) is 24.3 Å². The van der Waals surface area contributed by atoms with E-state index in [0.717, 1.165) is 15.5 Å². The Labute approximate surface area is 116 Å². The second-order valence-corrected chi connectivity index (χ2v) is 4.94. The maximum absolute atomic E-state index is 11.0. The molecule has 0 fully saturated rings. The van der Waals surface area contributed by atoms with Crippen LogP contribution in [0.25, 0.3) is 21.5 Å². The number of benzene rings is 1. The summed E-state index contributed by atoms with van der Waals surface area (Å²) in [6.07, 6.45) is 0.427. The molecule has 0 bridgehead atoms. The third-order valence-corrected chi connectivity index (χ3v) is 3.76. The Hall–Kier alpha value is -2.67. The highest BCUT2D eigenvalue weighted by Crippen LogP contribution is 2.27. The van der Waals surface area contributed by atoms with E-state index < -0.39 is 12.1 Å². The Morgan fingerprint density at radius 1 is 1.20 bits per heavy atom. The number of nitrogens with zero attached hydrogens (tertiary/aromatic N) is 2. The Morgan fingerprint density at radius 3 is 2.65 bits per heavy atom. The summed E-state index contributed by atoms with van der Waals surface area (Å²) in [7, 11) is 0. The Kier molecular flexibility index (Phi) is 2.76. The molecule has 0 aliphatic rings. The molecular formula is C13H8N2O4S. The zero-order valence-corrected chi connectivity index (χ0v) is 10.8. The van der Waals surface area contributed by atoms with Gasteiger partial charge in [0, 0.05) is 22.5 Å². The molecule has 0 atom stereocenters. The minimum atomic E-state index is -1.06. The lowest BCUT2D eigenvalue weighted by atomic mass is 10.1. The van der Waals surface area contributed by atoms with Crippen molar-refractivity contribution < 1.29 is 19.8 Å². The second-order valence-electron chi connectivity index (χ2n) is 4.08. The van der Waals surface area contributed by atoms with Gasteiger partial charge in [-0.2, -0.15) is 0 Å². The van der Waals surface area contributed by atoms with E-state index in [1.807, 2.05) is 0 Å². The van der Waals surface area contributed by atoms with Crippen molar-refractivity contribution in [1.82, 2.24) is 9.55 Å². The molecule has 6 nitrogen and oxygen atoms in total. The smallest absolute Gasteiger partial charge is 0.415 e. The van der Waals surface area contributed by atoms with Crippen LogP contribution in [0.15, 0.2) is 35.8 Å². The number of rotatable bonds is 2. The third-order valence-electron chi connectivity index (χ3n) is 2.87. The van der Waals surface area contributed by atoms with Gasteiger partial charge in [-0.15, -0.1) is 11.3 Å². The Morgan fingerprint density at radius 2 is 2.00 bits per heavy atom. The summed E-state index contributed by atoms with van der Waals surface area (Å²) in [6.45, 7) is 0. The predicted molar refractivity (Wildman–Crippen MR) is 73.4 cm³/mol. The summed E-state index contributed by atoms with van der Waals surface area (Å²) >= 11 is 1.24. The molecule has 0 saturated heterocycles. The highest BCUT2D eigenvalue weighted by Gasteiger charge is 2.12. The van der Waals surface area contributed by atoms with Gasteiger partial charge in [0.25, 0.3) is 0 Å². The summed E-state index contributed by atoms with van der Waals surface area (Å²) in [5.74, 6) is -1.06. The van der Waals surface area contributed by atoms with Crippen LogP contribution in [0.4, 0.5) is 4.79 Å². The van der Waals surface area contributed by atoms with E-state index in [9.17, 15) is 9.59 Å². The number of aromatic nitrogens is 2. The number of hydrogen-bond acceptors (Lipinski definition) is 4. The van der Waals surface area contributed by atoms with Crippen molar-refractivity contribution in [3.8, 4) is 10.6 Å². The number of carboxylic acid groups (broad SMARTS) is 2. The van der Waals surface area contributed by atoms with E-state index in [0.29, 0.717) is 10.5 Å². The maximum Gasteiger partial charge on any atom is 0.415 e. The van der Waals surface area contributed by atoms with Gasteiger partial charge in [-0.3, -0.25) is 4.57 Å². The van der Waals surface area contributed by atoms with Crippen LogP contribution in [0.2, 0.25) is 0 Å². The fourth-order valence-corrected chi connectivity index (χ4v) is 2.74. The maximum atomic E-state index is 11.0. The third kappa shape index (κ3) is 1.94. The molecule has 0 aliphatic heterocycles. The van der Waals surface area contributed by atoms with Gasteiger partial charge >= 0.3 is 12.1 Å². The SMILES string of the molecule is O=C(O)c1csc(-c2ccc3c(ccn3C(=O)O)c2)n1. The van der Waals surface area contributed by atoms with Crippen LogP contribution in [-0.2, 0) is 0 Å². The fraction of sp³-hybridized carbons (Fsp3) is 0. The highest BCUT2D eigenvalue weighted by atomic mass is 32.1. The average molecular weight is 288 g/mol. The van der Waals surface area contributed by atoms with Crippen molar-refractivity contribution in [2.45, 2.75) is 0 Å². The fourth-order valence-electron chi connectivity index (χ4n) is 1.95. The van der Waals surface area contributed by atoms with Crippen molar-refractivity contribution in [2.75, 3.05) is 0 Å². The van der Waals surface area contributed by atoms with E-state index in [1.165, 1.54) is 22.9 Å². The first kappa shape index (κ1) is 12.4. The Balaban J connectivity index is 2.08. The van der Waals surface area contributed by atoms with Gasteiger partial charge in [-0.1, -0.05) is 0 Å². The monoisotopic (exact) mass is 288 g/mol. The molecule has 3 aromatic rings. The van der Waals surface area contributed by atoms with Gasteiger partial charge < -0.3 is 10.2 Å². The summed E-state index contributed by atoms with van der Waals surface area (Å²) in [5, 5.41) is 20.7. The van der Waals surface area contributed by atoms with Gasteiger partial charge in [0.1, 0.15) is 5.01 Å². The van der Waals surface area contributed by atoms with E-state index in [4.69, 9.17) is 10.2 Å². The van der Waals surface area contributed by atoms with Crippen molar-refractivity contribution in [1.29, 1.82) is 0 Å². The summed E-state index contributed by atoms with van der Waals surface area (Å²) < 4.78 is 1.13. The molecule has 0 saturated carbocycles. The van der Waals surface area contributed by atoms with Gasteiger partial charge in [0.05, 0.1) is 5.52 Å². The molecule has 0 spiro atoms. The molecule has 0 unspecified atom stereocenters. The van der Waals surface area contributed by atoms with Crippen LogP contribution in [0, 0.1) is 0 Å². The van der Waals surface area contributed by atoms with Gasteiger partial charge in [-0.25, -0.2) is 14.6 Å². The van der Waals surface area contributed by atoms with Crippen molar-refractivity contribution >= 4 is 34.3 Å². The lowest BCUT2D eigenvalue weighted by molar-refractivity contribution is 0.0691. The summed E-state index contributed by atoms with van der Waals surface area (Å²) in [5.41, 5.74) is 1.35. The first-order valence-corrected chi connectivity index (χ1v) is 6.48. The first-order valence-electron chi connectivity index (χ1n) is 5.60. The zero-order chi connectivity index (χ0) is 14.3. The van der Waals surface area contributed by atoms with Gasteiger partial charge in [-0.05, 0) is 24.3 Å². The predicted octanol–water partition coefficient (Wildman–Crippen LogP) is 2.99. The Bertz CT molecular complexity index is 834. The lowest BCUT2D eigenvalue weighted by Gasteiger charge is -2.00. The minimum absolute atomic E-state index is 0.00760. The molecule has 2 N–H and O–H groups in total. The lowest BCUT2D eigenvalue weighted by Crippen LogP contribution is -2.05. The van der Waals surface area contributed by atoms with E-state index in [2.05, 4.69) is 4.98 Å². The van der Waals surface area contributed by atoms with Crippen molar-refractivity contribution in [2.24, 2.45) is 0 Å². The summed E-state index contributed by atoms with van der Waals surface area (Å²) in [6, 6.07) is 6.89. The molecule has 100 valence electrons. The minimum Gasteiger partial charge on any atom is -0.476 e. The first-order chi connectivity index (χ1) is 9.56. The number of hydrogen-bond donors (Lipinski definition) is 2. The molecule has 0 radical (unpaired) electrons. The standard InChI is InChI=1S/C13H8N2O4S/c16-12(17)9-6-20-11(14-9)8-1-2-10-7(5-8)3-4-15(10)13(18)19/h1-6H,(H,16,17)(H,18,19). The van der Waals surface area contributed by atoms with Gasteiger partial charge in [0.2, 0.25) is 0 Å². The zero-order valence-electron chi connectivity index (χ0n) is 9.98. The number of carboxylic acids is 1. The average Bonchev–Trinajstić information content (AvgIpc) is 3.04. The highest BCUT2D eigenvalue weighted by molar-refractivity contribution is 7.13. The number of carbonyl (C=O) groups is 2. The van der Waals surface area contributed by atoms with Crippen LogP contribution in [0.3, 0.4) is 0 Å². The molecule has 0 aliphatic carbocycles. The molecule has 20 heavy (non-hydrogen) atoms. The number of fused-ring (bicyclic) bond motifs is 1.